The molecule has 31 heavy (non-hydrogen) atoms. The van der Waals surface area contributed by atoms with Crippen molar-refractivity contribution in [3.8, 4) is 11.3 Å². The van der Waals surface area contributed by atoms with Crippen LogP contribution in [0.1, 0.15) is 12.5 Å². The van der Waals surface area contributed by atoms with Crippen LogP contribution in [0.4, 0.5) is 16.2 Å². The van der Waals surface area contributed by atoms with Crippen LogP contribution in [-0.4, -0.2) is 28.6 Å². The molecule has 3 N–H and O–H groups in total. The van der Waals surface area contributed by atoms with Crippen molar-refractivity contribution in [1.82, 2.24) is 9.97 Å². The molecule has 156 valence electrons. The Kier molecular flexibility index (Phi) is 5.93. The minimum absolute atomic E-state index is 0.199. The molecule has 2 aromatic heterocycles. The van der Waals surface area contributed by atoms with Crippen LogP contribution in [0.15, 0.2) is 73.1 Å². The quantitative estimate of drug-likeness (QED) is 0.388. The molecule has 2 heterocycles. The van der Waals surface area contributed by atoms with Gasteiger partial charge in [0.25, 0.3) is 0 Å². The number of nitrogens with zero attached hydrogens (tertiary/aromatic N) is 1. The van der Waals surface area contributed by atoms with E-state index in [-0.39, 0.29) is 18.4 Å². The van der Waals surface area contributed by atoms with Crippen LogP contribution < -0.4 is 10.6 Å². The van der Waals surface area contributed by atoms with Gasteiger partial charge in [0.1, 0.15) is 0 Å². The van der Waals surface area contributed by atoms with Gasteiger partial charge < -0.3 is 20.4 Å². The number of urea groups is 1. The predicted molar refractivity (Wildman–Crippen MR) is 121 cm³/mol. The van der Waals surface area contributed by atoms with Crippen molar-refractivity contribution in [3.05, 3.63) is 78.6 Å². The fourth-order valence-electron chi connectivity index (χ4n) is 3.37. The molecular weight excluding hydrogens is 392 g/mol. The highest BCUT2D eigenvalue weighted by Crippen LogP contribution is 2.34. The number of benzene rings is 2. The van der Waals surface area contributed by atoms with Crippen LogP contribution >= 0.6 is 0 Å². The van der Waals surface area contributed by atoms with Crippen molar-refractivity contribution in [2.75, 3.05) is 17.2 Å². The van der Waals surface area contributed by atoms with Crippen LogP contribution in [-0.2, 0) is 16.0 Å². The number of rotatable bonds is 6. The lowest BCUT2D eigenvalue weighted by Crippen LogP contribution is -2.19. The van der Waals surface area contributed by atoms with E-state index in [0.717, 1.165) is 27.7 Å². The Morgan fingerprint density at radius 2 is 1.71 bits per heavy atom. The van der Waals surface area contributed by atoms with Crippen molar-refractivity contribution in [2.24, 2.45) is 0 Å². The summed E-state index contributed by atoms with van der Waals surface area (Å²) in [6.45, 7) is 2.13. The number of pyridine rings is 1. The molecule has 7 heteroatoms. The fourth-order valence-corrected chi connectivity index (χ4v) is 3.37. The highest BCUT2D eigenvalue weighted by atomic mass is 16.5. The standard InChI is InChI=1S/C24H22N4O3/c1-2-31-21(29)15-16-7-9-18(10-8-16)26-24(30)28-23-19-5-3-4-6-20(19)27-22(23)17-11-13-25-14-12-17/h3-14,27H,2,15H2,1H3,(H2,26,28,30). The lowest BCUT2D eigenvalue weighted by molar-refractivity contribution is -0.142. The van der Waals surface area contributed by atoms with Gasteiger partial charge in [0, 0.05) is 34.5 Å². The first kappa shape index (κ1) is 20.2. The number of fused-ring (bicyclic) bond motifs is 1. The summed E-state index contributed by atoms with van der Waals surface area (Å²) in [6.07, 6.45) is 3.62. The summed E-state index contributed by atoms with van der Waals surface area (Å²) in [5, 5.41) is 6.72. The van der Waals surface area contributed by atoms with E-state index in [2.05, 4.69) is 20.6 Å². The van der Waals surface area contributed by atoms with E-state index in [1.165, 1.54) is 0 Å². The van der Waals surface area contributed by atoms with Crippen LogP contribution in [0.25, 0.3) is 22.2 Å². The van der Waals surface area contributed by atoms with E-state index in [4.69, 9.17) is 4.74 Å². The summed E-state index contributed by atoms with van der Waals surface area (Å²) in [5.74, 6) is -0.274. The predicted octanol–water partition coefficient (Wildman–Crippen LogP) is 4.98. The number of hydrogen-bond donors (Lipinski definition) is 3. The summed E-state index contributed by atoms with van der Waals surface area (Å²) in [4.78, 5) is 31.8. The third kappa shape index (κ3) is 4.72. The molecule has 0 unspecified atom stereocenters. The number of para-hydroxylation sites is 1. The number of nitrogens with one attached hydrogen (secondary N) is 3. The molecule has 0 atom stereocenters. The molecule has 0 fully saturated rings. The Morgan fingerprint density at radius 3 is 2.45 bits per heavy atom. The van der Waals surface area contributed by atoms with Crippen LogP contribution in [0, 0.1) is 0 Å². The lowest BCUT2D eigenvalue weighted by atomic mass is 10.1. The average molecular weight is 414 g/mol. The molecule has 0 bridgehead atoms. The second-order valence-corrected chi connectivity index (χ2v) is 6.91. The van der Waals surface area contributed by atoms with E-state index in [1.807, 2.05) is 36.4 Å². The molecule has 0 aliphatic carbocycles. The number of aromatic amines is 1. The zero-order chi connectivity index (χ0) is 21.6. The number of H-pyrrole nitrogens is 1. The molecule has 0 radical (unpaired) electrons. The zero-order valence-corrected chi connectivity index (χ0v) is 17.0. The molecule has 4 rings (SSSR count). The second-order valence-electron chi connectivity index (χ2n) is 6.91. The van der Waals surface area contributed by atoms with Gasteiger partial charge in [0.2, 0.25) is 0 Å². The minimum Gasteiger partial charge on any atom is -0.466 e. The van der Waals surface area contributed by atoms with Crippen molar-refractivity contribution in [1.29, 1.82) is 0 Å². The molecule has 0 aliphatic heterocycles. The summed E-state index contributed by atoms with van der Waals surface area (Å²) < 4.78 is 4.96. The molecule has 0 saturated heterocycles. The maximum atomic E-state index is 12.7. The van der Waals surface area contributed by atoms with Crippen LogP contribution in [0.2, 0.25) is 0 Å². The maximum absolute atomic E-state index is 12.7. The fraction of sp³-hybridized carbons (Fsp3) is 0.125. The normalized spacial score (nSPS) is 10.6. The first-order chi connectivity index (χ1) is 15.1. The SMILES string of the molecule is CCOC(=O)Cc1ccc(NC(=O)Nc2c(-c3ccncc3)[nH]c3ccccc23)cc1. The third-order valence-corrected chi connectivity index (χ3v) is 4.78. The Morgan fingerprint density at radius 1 is 0.968 bits per heavy atom. The summed E-state index contributed by atoms with van der Waals surface area (Å²) in [5.41, 5.74) is 4.79. The van der Waals surface area contributed by atoms with Crippen molar-refractivity contribution < 1.29 is 14.3 Å². The number of carbonyl (C=O) groups is 2. The van der Waals surface area contributed by atoms with Gasteiger partial charge in [-0.25, -0.2) is 4.79 Å². The van der Waals surface area contributed by atoms with E-state index in [9.17, 15) is 9.59 Å². The maximum Gasteiger partial charge on any atom is 0.323 e. The molecule has 0 saturated carbocycles. The van der Waals surface area contributed by atoms with E-state index >= 15 is 0 Å². The van der Waals surface area contributed by atoms with Crippen molar-refractivity contribution in [2.45, 2.75) is 13.3 Å². The zero-order valence-electron chi connectivity index (χ0n) is 17.0. The molecule has 0 aliphatic rings. The number of hydrogen-bond acceptors (Lipinski definition) is 4. The van der Waals surface area contributed by atoms with Gasteiger partial charge in [-0.05, 0) is 42.8 Å². The highest BCUT2D eigenvalue weighted by molar-refractivity contribution is 6.10. The largest absolute Gasteiger partial charge is 0.466 e. The topological polar surface area (TPSA) is 96.1 Å². The Bertz CT molecular complexity index is 1200. The summed E-state index contributed by atoms with van der Waals surface area (Å²) in [7, 11) is 0. The number of amides is 2. The molecule has 7 nitrogen and oxygen atoms in total. The minimum atomic E-state index is -0.363. The molecular formula is C24H22N4O3. The number of carbonyl (C=O) groups excluding carboxylic acids is 2. The number of anilines is 2. The van der Waals surface area contributed by atoms with Crippen molar-refractivity contribution >= 4 is 34.3 Å². The van der Waals surface area contributed by atoms with Gasteiger partial charge >= 0.3 is 12.0 Å². The van der Waals surface area contributed by atoms with Crippen LogP contribution in [0.3, 0.4) is 0 Å². The van der Waals surface area contributed by atoms with Gasteiger partial charge in [0.15, 0.2) is 0 Å². The van der Waals surface area contributed by atoms with Gasteiger partial charge in [0.05, 0.1) is 24.4 Å². The van der Waals surface area contributed by atoms with E-state index < -0.39 is 0 Å². The van der Waals surface area contributed by atoms with Gasteiger partial charge in [-0.1, -0.05) is 30.3 Å². The second kappa shape index (κ2) is 9.13. The summed E-state index contributed by atoms with van der Waals surface area (Å²) >= 11 is 0. The Balaban J connectivity index is 1.52. The number of ether oxygens (including phenoxy) is 1. The third-order valence-electron chi connectivity index (χ3n) is 4.78. The molecule has 0 spiro atoms. The van der Waals surface area contributed by atoms with Gasteiger partial charge in [-0.2, -0.15) is 0 Å². The molecule has 2 aromatic carbocycles. The first-order valence-electron chi connectivity index (χ1n) is 9.97. The highest BCUT2D eigenvalue weighted by Gasteiger charge is 2.15. The lowest BCUT2D eigenvalue weighted by Gasteiger charge is -2.10. The Labute approximate surface area is 179 Å². The number of esters is 1. The first-order valence-corrected chi connectivity index (χ1v) is 9.97. The van der Waals surface area contributed by atoms with Gasteiger partial charge in [-0.3, -0.25) is 9.78 Å². The molecule has 2 amide bonds. The van der Waals surface area contributed by atoms with Crippen LogP contribution in [0.5, 0.6) is 0 Å². The van der Waals surface area contributed by atoms with E-state index in [0.29, 0.717) is 18.0 Å². The van der Waals surface area contributed by atoms with Gasteiger partial charge in [-0.15, -0.1) is 0 Å². The number of aromatic nitrogens is 2. The van der Waals surface area contributed by atoms with E-state index in [1.54, 1.807) is 43.6 Å². The van der Waals surface area contributed by atoms with Crippen molar-refractivity contribution in [3.63, 3.8) is 0 Å². The molecule has 4 aromatic rings. The smallest absolute Gasteiger partial charge is 0.323 e. The average Bonchev–Trinajstić information content (AvgIpc) is 3.14. The summed E-state index contributed by atoms with van der Waals surface area (Å²) in [6, 6.07) is 18.3. The monoisotopic (exact) mass is 414 g/mol. The Hall–Kier alpha value is -4.13.